The van der Waals surface area contributed by atoms with E-state index in [0.717, 1.165) is 23.0 Å². The smallest absolute Gasteiger partial charge is 0.198 e. The van der Waals surface area contributed by atoms with E-state index in [4.69, 9.17) is 21.3 Å². The Hall–Kier alpha value is -2.70. The summed E-state index contributed by atoms with van der Waals surface area (Å²) >= 11 is 6.38. The van der Waals surface area contributed by atoms with Crippen LogP contribution in [0.2, 0.25) is 5.15 Å². The average molecular weight is 383 g/mol. The van der Waals surface area contributed by atoms with Crippen LogP contribution in [-0.2, 0) is 0 Å². The molecule has 4 rings (SSSR count). The molecule has 1 aliphatic carbocycles. The van der Waals surface area contributed by atoms with Crippen LogP contribution in [0.25, 0.3) is 22.0 Å². The Bertz CT molecular complexity index is 1070. The molecule has 3 aromatic rings. The molecule has 0 amide bonds. The predicted molar refractivity (Wildman–Crippen MR) is 107 cm³/mol. The molecule has 2 aromatic heterocycles. The summed E-state index contributed by atoms with van der Waals surface area (Å²) in [5.41, 5.74) is 3.31. The van der Waals surface area contributed by atoms with E-state index in [2.05, 4.69) is 15.2 Å². The molecule has 138 valence electrons. The minimum Gasteiger partial charge on any atom is -0.497 e. The number of fused-ring (bicyclic) bond motifs is 5. The van der Waals surface area contributed by atoms with Crippen molar-refractivity contribution >= 4 is 34.1 Å². The number of ketones is 1. The van der Waals surface area contributed by atoms with Crippen LogP contribution in [0, 0.1) is 0 Å². The lowest BCUT2D eigenvalue weighted by Crippen LogP contribution is -2.22. The van der Waals surface area contributed by atoms with Crippen molar-refractivity contribution in [3.8, 4) is 16.9 Å². The molecule has 0 bridgehead atoms. The van der Waals surface area contributed by atoms with E-state index < -0.39 is 0 Å². The van der Waals surface area contributed by atoms with Crippen molar-refractivity contribution in [2.45, 2.75) is 0 Å². The van der Waals surface area contributed by atoms with E-state index in [0.29, 0.717) is 40.0 Å². The van der Waals surface area contributed by atoms with Crippen LogP contribution in [0.5, 0.6) is 5.75 Å². The zero-order valence-corrected chi connectivity index (χ0v) is 16.1. The van der Waals surface area contributed by atoms with Crippen molar-refractivity contribution in [3.05, 3.63) is 46.7 Å². The first-order valence-electron chi connectivity index (χ1n) is 8.61. The van der Waals surface area contributed by atoms with Gasteiger partial charge in [0, 0.05) is 47.4 Å². The molecular formula is C20H19ClN4O2. The van der Waals surface area contributed by atoms with Gasteiger partial charge in [-0.15, -0.1) is 0 Å². The molecule has 0 fully saturated rings. The summed E-state index contributed by atoms with van der Waals surface area (Å²) in [6, 6.07) is 7.34. The normalized spacial score (nSPS) is 12.4. The minimum atomic E-state index is -0.0816. The summed E-state index contributed by atoms with van der Waals surface area (Å²) < 4.78 is 5.34. The first-order chi connectivity index (χ1) is 13.0. The topological polar surface area (TPSA) is 67.3 Å². The Labute approximate surface area is 162 Å². The minimum absolute atomic E-state index is 0.0816. The van der Waals surface area contributed by atoms with Crippen LogP contribution >= 0.6 is 11.6 Å². The number of anilines is 1. The second-order valence-corrected chi connectivity index (χ2v) is 7.04. The standard InChI is InChI=1S/C20H19ClN4O2/c1-25(2)9-8-23-20-17-15(12-5-4-11(27-3)10-14(12)24-20)16-13(18(17)26)6-7-22-19(16)21/h4-7,10H,8-9H2,1-3H3,(H,23,24). The monoisotopic (exact) mass is 382 g/mol. The van der Waals surface area contributed by atoms with Crippen molar-refractivity contribution in [2.24, 2.45) is 0 Å². The van der Waals surface area contributed by atoms with E-state index in [9.17, 15) is 4.79 Å². The molecule has 0 spiro atoms. The number of nitrogens with zero attached hydrogens (tertiary/aromatic N) is 3. The molecular weight excluding hydrogens is 364 g/mol. The largest absolute Gasteiger partial charge is 0.497 e. The van der Waals surface area contributed by atoms with Gasteiger partial charge in [0.2, 0.25) is 0 Å². The molecule has 1 aliphatic rings. The van der Waals surface area contributed by atoms with Gasteiger partial charge in [-0.25, -0.2) is 9.97 Å². The number of benzene rings is 1. The number of pyridine rings is 2. The van der Waals surface area contributed by atoms with Gasteiger partial charge in [0.05, 0.1) is 18.2 Å². The van der Waals surface area contributed by atoms with E-state index in [-0.39, 0.29) is 5.78 Å². The maximum Gasteiger partial charge on any atom is 0.198 e. The summed E-state index contributed by atoms with van der Waals surface area (Å²) in [6.45, 7) is 1.48. The molecule has 2 heterocycles. The SMILES string of the molecule is COc1ccc2c3c(c(NCCN(C)C)nc2c1)C(=O)c1ccnc(Cl)c1-3. The second kappa shape index (κ2) is 6.79. The third-order valence-corrected chi connectivity index (χ3v) is 4.96. The summed E-state index contributed by atoms with van der Waals surface area (Å²) in [4.78, 5) is 24.1. The van der Waals surface area contributed by atoms with Gasteiger partial charge in [-0.3, -0.25) is 4.79 Å². The molecule has 0 saturated heterocycles. The van der Waals surface area contributed by atoms with Crippen LogP contribution in [0.3, 0.4) is 0 Å². The van der Waals surface area contributed by atoms with Gasteiger partial charge in [-0.2, -0.15) is 0 Å². The van der Waals surface area contributed by atoms with Crippen LogP contribution in [0.15, 0.2) is 30.5 Å². The number of rotatable bonds is 5. The third-order valence-electron chi connectivity index (χ3n) is 4.67. The van der Waals surface area contributed by atoms with Gasteiger partial charge >= 0.3 is 0 Å². The Morgan fingerprint density at radius 3 is 2.74 bits per heavy atom. The number of nitrogens with one attached hydrogen (secondary N) is 1. The Morgan fingerprint density at radius 2 is 2.00 bits per heavy atom. The molecule has 0 saturated carbocycles. The summed E-state index contributed by atoms with van der Waals surface area (Å²) in [6.07, 6.45) is 1.56. The maximum absolute atomic E-state index is 13.1. The average Bonchev–Trinajstić information content (AvgIpc) is 2.96. The van der Waals surface area contributed by atoms with Crippen LogP contribution in [0.4, 0.5) is 5.82 Å². The lowest BCUT2D eigenvalue weighted by atomic mass is 10.0. The molecule has 6 nitrogen and oxygen atoms in total. The van der Waals surface area contributed by atoms with Crippen molar-refractivity contribution in [1.29, 1.82) is 0 Å². The lowest BCUT2D eigenvalue weighted by molar-refractivity contribution is 0.104. The molecule has 0 aliphatic heterocycles. The highest BCUT2D eigenvalue weighted by atomic mass is 35.5. The van der Waals surface area contributed by atoms with E-state index in [1.807, 2.05) is 32.3 Å². The number of ether oxygens (including phenoxy) is 1. The number of hydrogen-bond acceptors (Lipinski definition) is 6. The highest BCUT2D eigenvalue weighted by Gasteiger charge is 2.34. The Kier molecular flexibility index (Phi) is 4.45. The third kappa shape index (κ3) is 2.91. The van der Waals surface area contributed by atoms with Crippen molar-refractivity contribution in [2.75, 3.05) is 39.6 Å². The second-order valence-electron chi connectivity index (χ2n) is 6.68. The molecule has 0 unspecified atom stereocenters. The fraction of sp³-hybridized carbons (Fsp3) is 0.250. The zero-order chi connectivity index (χ0) is 19.1. The lowest BCUT2D eigenvalue weighted by Gasteiger charge is -2.15. The fourth-order valence-corrected chi connectivity index (χ4v) is 3.63. The number of halogens is 1. The molecule has 27 heavy (non-hydrogen) atoms. The highest BCUT2D eigenvalue weighted by Crippen LogP contribution is 2.46. The Balaban J connectivity index is 1.97. The fourth-order valence-electron chi connectivity index (χ4n) is 3.38. The predicted octanol–water partition coefficient (Wildman–Crippen LogP) is 3.48. The molecule has 0 atom stereocenters. The van der Waals surface area contributed by atoms with Crippen LogP contribution < -0.4 is 10.1 Å². The summed E-state index contributed by atoms with van der Waals surface area (Å²) in [5.74, 6) is 1.18. The van der Waals surface area contributed by atoms with Gasteiger partial charge in [0.15, 0.2) is 5.78 Å². The van der Waals surface area contributed by atoms with Gasteiger partial charge in [0.25, 0.3) is 0 Å². The number of aromatic nitrogens is 2. The summed E-state index contributed by atoms with van der Waals surface area (Å²) in [7, 11) is 5.61. The van der Waals surface area contributed by atoms with Crippen LogP contribution in [-0.4, -0.2) is 54.9 Å². The van der Waals surface area contributed by atoms with E-state index in [1.54, 1.807) is 19.4 Å². The van der Waals surface area contributed by atoms with Gasteiger partial charge in [-0.1, -0.05) is 11.6 Å². The summed E-state index contributed by atoms with van der Waals surface area (Å²) in [5, 5.41) is 4.49. The number of carbonyl (C=O) groups excluding carboxylic acids is 1. The quantitative estimate of drug-likeness (QED) is 0.533. The molecule has 7 heteroatoms. The first kappa shape index (κ1) is 17.7. The number of likely N-dealkylation sites (N-methyl/N-ethyl adjacent to an activating group) is 1. The van der Waals surface area contributed by atoms with Gasteiger partial charge < -0.3 is 15.0 Å². The molecule has 1 N–H and O–H groups in total. The highest BCUT2D eigenvalue weighted by molar-refractivity contribution is 6.37. The van der Waals surface area contributed by atoms with Gasteiger partial charge in [-0.05, 0) is 32.3 Å². The number of carbonyl (C=O) groups is 1. The van der Waals surface area contributed by atoms with Crippen LogP contribution in [0.1, 0.15) is 15.9 Å². The van der Waals surface area contributed by atoms with E-state index >= 15 is 0 Å². The zero-order valence-electron chi connectivity index (χ0n) is 15.3. The number of methoxy groups -OCH3 is 1. The van der Waals surface area contributed by atoms with Gasteiger partial charge in [0.1, 0.15) is 16.7 Å². The van der Waals surface area contributed by atoms with E-state index in [1.165, 1.54) is 0 Å². The maximum atomic E-state index is 13.1. The number of hydrogen-bond donors (Lipinski definition) is 1. The molecule has 1 aromatic carbocycles. The van der Waals surface area contributed by atoms with Crippen molar-refractivity contribution < 1.29 is 9.53 Å². The van der Waals surface area contributed by atoms with Crippen molar-refractivity contribution in [3.63, 3.8) is 0 Å². The molecule has 0 radical (unpaired) electrons. The Morgan fingerprint density at radius 1 is 1.19 bits per heavy atom. The first-order valence-corrected chi connectivity index (χ1v) is 8.99. The van der Waals surface area contributed by atoms with Crippen molar-refractivity contribution in [1.82, 2.24) is 14.9 Å².